The molecule has 2 atom stereocenters. The maximum atomic E-state index is 12.4. The van der Waals surface area contributed by atoms with Gasteiger partial charge in [0.05, 0.1) is 12.3 Å². The van der Waals surface area contributed by atoms with E-state index >= 15 is 0 Å². The smallest absolute Gasteiger partial charge is 0.260 e. The first-order valence-electron chi connectivity index (χ1n) is 8.10. The largest absolute Gasteiger partial charge is 0.481 e. The summed E-state index contributed by atoms with van der Waals surface area (Å²) in [6, 6.07) is 9.58. The highest BCUT2D eigenvalue weighted by atomic mass is 35.5. The molecule has 2 rings (SSSR count). The molecule has 138 valence electrons. The van der Waals surface area contributed by atoms with Crippen molar-refractivity contribution in [3.63, 3.8) is 0 Å². The van der Waals surface area contributed by atoms with Crippen molar-refractivity contribution < 1.29 is 13.9 Å². The van der Waals surface area contributed by atoms with Gasteiger partial charge in [0.2, 0.25) is 0 Å². The maximum Gasteiger partial charge on any atom is 0.260 e. The van der Waals surface area contributed by atoms with Crippen LogP contribution in [0.2, 0.25) is 0 Å². The Labute approximate surface area is 155 Å². The van der Waals surface area contributed by atoms with Crippen LogP contribution in [0.5, 0.6) is 5.75 Å². The molecule has 6 heteroatoms. The number of ether oxygens (including phenoxy) is 1. The monoisotopic (exact) mass is 366 g/mol. The van der Waals surface area contributed by atoms with Gasteiger partial charge in [-0.15, -0.1) is 12.4 Å². The number of benzene rings is 1. The summed E-state index contributed by atoms with van der Waals surface area (Å²) in [7, 11) is 3.91. The summed E-state index contributed by atoms with van der Waals surface area (Å²) < 4.78 is 11.3. The number of furan rings is 1. The quantitative estimate of drug-likeness (QED) is 0.814. The lowest BCUT2D eigenvalue weighted by atomic mass is 10.1. The third-order valence-corrected chi connectivity index (χ3v) is 4.19. The van der Waals surface area contributed by atoms with Crippen LogP contribution in [0, 0.1) is 13.8 Å². The Bertz CT molecular complexity index is 671. The van der Waals surface area contributed by atoms with Crippen molar-refractivity contribution in [2.45, 2.75) is 32.9 Å². The van der Waals surface area contributed by atoms with Crippen molar-refractivity contribution in [2.75, 3.05) is 20.6 Å². The standard InChI is InChI=1S/C19H26N2O3.ClH/c1-13-8-6-9-17(14(13)2)24-15(3)19(22)20-12-16(21(4)5)18-10-7-11-23-18;/h6-11,15-16H,12H2,1-5H3,(H,20,22);1H. The van der Waals surface area contributed by atoms with E-state index in [0.29, 0.717) is 6.54 Å². The van der Waals surface area contributed by atoms with Gasteiger partial charge in [-0.05, 0) is 64.2 Å². The van der Waals surface area contributed by atoms with E-state index in [0.717, 1.165) is 22.6 Å². The predicted molar refractivity (Wildman–Crippen MR) is 101 cm³/mol. The van der Waals surface area contributed by atoms with E-state index in [1.165, 1.54) is 0 Å². The summed E-state index contributed by atoms with van der Waals surface area (Å²) >= 11 is 0. The molecule has 0 saturated carbocycles. The summed E-state index contributed by atoms with van der Waals surface area (Å²) in [5.74, 6) is 1.42. The third kappa shape index (κ3) is 5.51. The minimum absolute atomic E-state index is 0. The Morgan fingerprint density at radius 3 is 2.56 bits per heavy atom. The van der Waals surface area contributed by atoms with Gasteiger partial charge in [-0.2, -0.15) is 0 Å². The van der Waals surface area contributed by atoms with Crippen LogP contribution in [0.1, 0.15) is 29.9 Å². The van der Waals surface area contributed by atoms with Crippen molar-refractivity contribution in [1.82, 2.24) is 10.2 Å². The fourth-order valence-corrected chi connectivity index (χ4v) is 2.46. The van der Waals surface area contributed by atoms with E-state index in [1.54, 1.807) is 13.2 Å². The maximum absolute atomic E-state index is 12.4. The molecule has 0 aliphatic rings. The minimum atomic E-state index is -0.565. The number of hydrogen-bond donors (Lipinski definition) is 1. The second-order valence-electron chi connectivity index (χ2n) is 6.20. The lowest BCUT2D eigenvalue weighted by molar-refractivity contribution is -0.127. The molecule has 0 aliphatic heterocycles. The van der Waals surface area contributed by atoms with Crippen LogP contribution in [0.3, 0.4) is 0 Å². The Morgan fingerprint density at radius 2 is 1.96 bits per heavy atom. The molecule has 0 aliphatic carbocycles. The number of amides is 1. The van der Waals surface area contributed by atoms with E-state index in [-0.39, 0.29) is 24.4 Å². The van der Waals surface area contributed by atoms with Crippen LogP contribution in [0.15, 0.2) is 41.0 Å². The predicted octanol–water partition coefficient (Wildman–Crippen LogP) is 3.50. The van der Waals surface area contributed by atoms with E-state index in [1.807, 2.05) is 63.2 Å². The second-order valence-corrected chi connectivity index (χ2v) is 6.20. The molecule has 1 aromatic heterocycles. The first-order valence-corrected chi connectivity index (χ1v) is 8.10. The summed E-state index contributed by atoms with van der Waals surface area (Å²) in [6.07, 6.45) is 1.07. The van der Waals surface area contributed by atoms with Gasteiger partial charge >= 0.3 is 0 Å². The Morgan fingerprint density at radius 1 is 1.24 bits per heavy atom. The van der Waals surface area contributed by atoms with E-state index in [4.69, 9.17) is 9.15 Å². The first kappa shape index (κ1) is 21.1. The summed E-state index contributed by atoms with van der Waals surface area (Å²) in [5.41, 5.74) is 2.20. The molecular formula is C19H27ClN2O3. The van der Waals surface area contributed by atoms with Gasteiger partial charge in [-0.25, -0.2) is 0 Å². The van der Waals surface area contributed by atoms with Crippen molar-refractivity contribution >= 4 is 18.3 Å². The molecule has 1 heterocycles. The van der Waals surface area contributed by atoms with E-state index in [2.05, 4.69) is 5.32 Å². The van der Waals surface area contributed by atoms with Gasteiger partial charge in [0, 0.05) is 6.54 Å². The molecule has 1 aromatic carbocycles. The van der Waals surface area contributed by atoms with Crippen LogP contribution in [-0.2, 0) is 4.79 Å². The summed E-state index contributed by atoms with van der Waals surface area (Å²) in [6.45, 7) is 6.24. The van der Waals surface area contributed by atoms with Crippen LogP contribution in [0.4, 0.5) is 0 Å². The van der Waals surface area contributed by atoms with Crippen LogP contribution in [-0.4, -0.2) is 37.6 Å². The molecule has 0 spiro atoms. The molecule has 1 N–H and O–H groups in total. The number of nitrogens with zero attached hydrogens (tertiary/aromatic N) is 1. The van der Waals surface area contributed by atoms with Gasteiger partial charge in [0.15, 0.2) is 6.10 Å². The Kier molecular flexibility index (Phi) is 8.00. The van der Waals surface area contributed by atoms with Crippen LogP contribution < -0.4 is 10.1 Å². The summed E-state index contributed by atoms with van der Waals surface area (Å²) in [5, 5.41) is 2.94. The highest BCUT2D eigenvalue weighted by Gasteiger charge is 2.21. The number of likely N-dealkylation sites (N-methyl/N-ethyl adjacent to an activating group) is 1. The molecule has 5 nitrogen and oxygen atoms in total. The summed E-state index contributed by atoms with van der Waals surface area (Å²) in [4.78, 5) is 14.4. The topological polar surface area (TPSA) is 54.7 Å². The molecule has 0 saturated heterocycles. The number of nitrogens with one attached hydrogen (secondary N) is 1. The number of carbonyl (C=O) groups is 1. The molecular weight excluding hydrogens is 340 g/mol. The fraction of sp³-hybridized carbons (Fsp3) is 0.421. The van der Waals surface area contributed by atoms with Gasteiger partial charge in [-0.1, -0.05) is 12.1 Å². The normalized spacial score (nSPS) is 13.0. The zero-order valence-electron chi connectivity index (χ0n) is 15.4. The average molecular weight is 367 g/mol. The van der Waals surface area contributed by atoms with E-state index < -0.39 is 6.10 Å². The van der Waals surface area contributed by atoms with Crippen molar-refractivity contribution in [2.24, 2.45) is 0 Å². The zero-order chi connectivity index (χ0) is 17.7. The van der Waals surface area contributed by atoms with Gasteiger partial charge in [-0.3, -0.25) is 9.69 Å². The highest BCUT2D eigenvalue weighted by Crippen LogP contribution is 2.22. The molecule has 0 radical (unpaired) electrons. The van der Waals surface area contributed by atoms with Gasteiger partial charge in [0.25, 0.3) is 5.91 Å². The van der Waals surface area contributed by atoms with Crippen molar-refractivity contribution in [3.8, 4) is 5.75 Å². The zero-order valence-corrected chi connectivity index (χ0v) is 16.2. The molecule has 0 bridgehead atoms. The number of aryl methyl sites for hydroxylation is 1. The van der Waals surface area contributed by atoms with Crippen molar-refractivity contribution in [1.29, 1.82) is 0 Å². The number of halogens is 1. The van der Waals surface area contributed by atoms with Gasteiger partial charge < -0.3 is 14.5 Å². The van der Waals surface area contributed by atoms with Crippen LogP contribution >= 0.6 is 12.4 Å². The SMILES string of the molecule is Cc1cccc(OC(C)C(=O)NCC(c2ccco2)N(C)C)c1C.Cl. The Hall–Kier alpha value is -1.98. The highest BCUT2D eigenvalue weighted by molar-refractivity contribution is 5.85. The minimum Gasteiger partial charge on any atom is -0.481 e. The molecule has 2 aromatic rings. The molecule has 25 heavy (non-hydrogen) atoms. The lowest BCUT2D eigenvalue weighted by Crippen LogP contribution is -2.41. The second kappa shape index (κ2) is 9.49. The number of rotatable bonds is 7. The molecule has 2 unspecified atom stereocenters. The molecule has 0 fully saturated rings. The average Bonchev–Trinajstić information content (AvgIpc) is 3.05. The third-order valence-electron chi connectivity index (χ3n) is 4.19. The Balaban J connectivity index is 0.00000312. The number of hydrogen-bond acceptors (Lipinski definition) is 4. The van der Waals surface area contributed by atoms with Gasteiger partial charge in [0.1, 0.15) is 11.5 Å². The fourth-order valence-electron chi connectivity index (χ4n) is 2.46. The molecule has 1 amide bonds. The number of carbonyl (C=O) groups excluding carboxylic acids is 1. The first-order chi connectivity index (χ1) is 11.4. The lowest BCUT2D eigenvalue weighted by Gasteiger charge is -2.24. The van der Waals surface area contributed by atoms with Crippen molar-refractivity contribution in [3.05, 3.63) is 53.5 Å². The van der Waals surface area contributed by atoms with Crippen LogP contribution in [0.25, 0.3) is 0 Å². The van der Waals surface area contributed by atoms with E-state index in [9.17, 15) is 4.79 Å².